The van der Waals surface area contributed by atoms with Gasteiger partial charge in [-0.2, -0.15) is 0 Å². The summed E-state index contributed by atoms with van der Waals surface area (Å²) >= 11 is 1.19. The predicted molar refractivity (Wildman–Crippen MR) is 74.7 cm³/mol. The smallest absolute Gasteiger partial charge is 0.0886 e. The molecule has 5 nitrogen and oxygen atoms in total. The van der Waals surface area contributed by atoms with E-state index in [4.69, 9.17) is 23.9 Å². The first-order chi connectivity index (χ1) is 9.97. The van der Waals surface area contributed by atoms with Crippen molar-refractivity contribution >= 4 is 29.9 Å². The molecule has 0 saturated heterocycles. The van der Waals surface area contributed by atoms with E-state index in [9.17, 15) is 0 Å². The fourth-order valence-electron chi connectivity index (χ4n) is 1.03. The minimum Gasteiger partial charge on any atom is -0.255 e. The molecule has 0 bridgehead atoms. The topological polar surface area (TPSA) is 77.0 Å². The second kappa shape index (κ2) is 22.4. The zero-order valence-corrected chi connectivity index (χ0v) is 14.1. The average molecular weight is 468 g/mol. The molecule has 2 aromatic rings. The number of rotatable bonds is 1. The van der Waals surface area contributed by atoms with E-state index in [1.807, 2.05) is 56.8 Å². The summed E-state index contributed by atoms with van der Waals surface area (Å²) in [6.07, 6.45) is 3.54. The third-order valence-corrected chi connectivity index (χ3v) is 1.59. The van der Waals surface area contributed by atoms with Gasteiger partial charge < -0.3 is 14.4 Å². The van der Waals surface area contributed by atoms with E-state index >= 15 is 0 Å². The van der Waals surface area contributed by atoms with E-state index < -0.39 is 0 Å². The third kappa shape index (κ3) is 11.4. The van der Waals surface area contributed by atoms with Crippen molar-refractivity contribution in [3.63, 3.8) is 0 Å². The molecule has 0 unspecified atom stereocenters. The van der Waals surface area contributed by atoms with E-state index in [0.717, 1.165) is 11.4 Å². The van der Waals surface area contributed by atoms with Gasteiger partial charge in [-0.1, -0.05) is 12.1 Å². The van der Waals surface area contributed by atoms with E-state index in [-0.39, 0.29) is 0 Å². The standard InChI is InChI=1S/C10H8N2.3CH2O.ClH.Re/c1-3-7-11-9(5-1)10-6-2-4-8-12-10;3*1-2;;/h1-8H;3*1H2;1H;/q;;;;;+1/p-1. The summed E-state index contributed by atoms with van der Waals surface area (Å²) in [5, 5.41) is 0. The molecule has 2 heterocycles. The van der Waals surface area contributed by atoms with Crippen LogP contribution in [0.4, 0.5) is 0 Å². The van der Waals surface area contributed by atoms with Gasteiger partial charge >= 0.3 is 27.7 Å². The van der Waals surface area contributed by atoms with Crippen molar-refractivity contribution in [1.29, 1.82) is 0 Å². The fourth-order valence-corrected chi connectivity index (χ4v) is 1.03. The Bertz CT molecular complexity index is 365. The van der Waals surface area contributed by atoms with Crippen molar-refractivity contribution in [2.24, 2.45) is 0 Å². The molecule has 0 aliphatic rings. The van der Waals surface area contributed by atoms with Crippen molar-refractivity contribution < 1.29 is 32.6 Å². The maximum absolute atomic E-state index is 8.00. The number of halogens is 1. The van der Waals surface area contributed by atoms with Gasteiger partial charge in [0.15, 0.2) is 0 Å². The fraction of sp³-hybridized carbons (Fsp3) is 0. The molecular weight excluding hydrogens is 454 g/mol. The molecule has 0 aromatic carbocycles. The van der Waals surface area contributed by atoms with Crippen molar-refractivity contribution in [3.8, 4) is 11.4 Å². The van der Waals surface area contributed by atoms with Crippen LogP contribution in [0.15, 0.2) is 48.8 Å². The Morgan fingerprint density at radius 1 is 0.700 bits per heavy atom. The molecule has 0 aliphatic heterocycles. The van der Waals surface area contributed by atoms with Gasteiger partial charge in [-0.15, -0.1) is 0 Å². The molecule has 20 heavy (non-hydrogen) atoms. The Kier molecular flexibility index (Phi) is 26.2. The van der Waals surface area contributed by atoms with Crippen molar-refractivity contribution in [3.05, 3.63) is 48.8 Å². The molecule has 0 N–H and O–H groups in total. The third-order valence-electron chi connectivity index (χ3n) is 1.59. The number of pyridine rings is 2. The second-order valence-corrected chi connectivity index (χ2v) is 2.43. The van der Waals surface area contributed by atoms with E-state index in [2.05, 4.69) is 9.97 Å². The summed E-state index contributed by atoms with van der Waals surface area (Å²) in [6.45, 7) is 6.00. The predicted octanol–water partition coefficient (Wildman–Crippen LogP) is 2.28. The first-order valence-electron chi connectivity index (χ1n) is 4.80. The Morgan fingerprint density at radius 3 is 1.20 bits per heavy atom. The number of aromatic nitrogens is 2. The molecular formula is C13H14ClN2O3Re. The van der Waals surface area contributed by atoms with Gasteiger partial charge in [0.05, 0.1) is 11.4 Å². The van der Waals surface area contributed by atoms with Crippen LogP contribution in [-0.4, -0.2) is 30.3 Å². The van der Waals surface area contributed by atoms with E-state index in [1.54, 1.807) is 12.4 Å². The van der Waals surface area contributed by atoms with Crippen LogP contribution in [0.5, 0.6) is 0 Å². The summed E-state index contributed by atoms with van der Waals surface area (Å²) in [4.78, 5) is 32.4. The Balaban J connectivity index is -0.000000314. The summed E-state index contributed by atoms with van der Waals surface area (Å²) in [6, 6.07) is 11.6. The summed E-state index contributed by atoms with van der Waals surface area (Å²) in [5.74, 6) is 0. The minimum atomic E-state index is 0.915. The van der Waals surface area contributed by atoms with Crippen molar-refractivity contribution in [1.82, 2.24) is 9.97 Å². The Hall–Kier alpha value is -1.74. The molecule has 0 amide bonds. The largest absolute Gasteiger partial charge is 0.255 e. The van der Waals surface area contributed by atoms with E-state index in [0.29, 0.717) is 0 Å². The number of hydrogen-bond donors (Lipinski definition) is 0. The monoisotopic (exact) mass is 468 g/mol. The molecule has 2 aromatic heterocycles. The number of carbonyl (C=O) groups is 3. The van der Waals surface area contributed by atoms with Gasteiger partial charge in [-0.25, -0.2) is 0 Å². The van der Waals surface area contributed by atoms with Crippen LogP contribution in [0.1, 0.15) is 0 Å². The number of hydrogen-bond acceptors (Lipinski definition) is 5. The number of carbonyl (C=O) groups excluding carboxylic acids is 3. The maximum Gasteiger partial charge on any atom is 0.0886 e. The molecule has 7 heteroatoms. The SMILES string of the molecule is C=O.C=O.C=O.[Cl][Re].c1ccc(-c2ccccn2)nc1. The molecule has 2 rings (SSSR count). The minimum absolute atomic E-state index is 0.915. The van der Waals surface area contributed by atoms with Gasteiger partial charge in [0.2, 0.25) is 0 Å². The van der Waals surface area contributed by atoms with Gasteiger partial charge in [0.25, 0.3) is 0 Å². The van der Waals surface area contributed by atoms with Crippen molar-refractivity contribution in [2.45, 2.75) is 0 Å². The van der Waals surface area contributed by atoms with Crippen LogP contribution in [-0.2, 0) is 32.6 Å². The zero-order valence-electron chi connectivity index (χ0n) is 10.6. The van der Waals surface area contributed by atoms with Crippen LogP contribution in [0.2, 0.25) is 0 Å². The molecule has 0 saturated carbocycles. The van der Waals surface area contributed by atoms with Crippen LogP contribution in [0.3, 0.4) is 0 Å². The quantitative estimate of drug-likeness (QED) is 0.643. The summed E-state index contributed by atoms with van der Waals surface area (Å²) in [7, 11) is 4.69. The summed E-state index contributed by atoms with van der Waals surface area (Å²) in [5.41, 5.74) is 1.83. The van der Waals surface area contributed by atoms with Gasteiger partial charge in [-0.3, -0.25) is 9.97 Å². The molecule has 0 fully saturated rings. The average Bonchev–Trinajstić information content (AvgIpc) is 2.63. The van der Waals surface area contributed by atoms with Crippen LogP contribution in [0, 0.1) is 0 Å². The molecule has 108 valence electrons. The molecule has 0 aliphatic carbocycles. The zero-order chi connectivity index (χ0) is 16.2. The molecule has 0 radical (unpaired) electrons. The maximum atomic E-state index is 8.00. The van der Waals surface area contributed by atoms with E-state index in [1.165, 1.54) is 18.2 Å². The summed E-state index contributed by atoms with van der Waals surface area (Å²) < 4.78 is 0. The normalized spacial score (nSPS) is 6.70. The molecule has 0 spiro atoms. The Morgan fingerprint density at radius 2 is 1.00 bits per heavy atom. The first kappa shape index (κ1) is 23.4. The second-order valence-electron chi connectivity index (χ2n) is 2.43. The van der Waals surface area contributed by atoms with Gasteiger partial charge in [0, 0.05) is 12.4 Å². The molecule has 0 atom stereocenters. The van der Waals surface area contributed by atoms with Gasteiger partial charge in [0.1, 0.15) is 20.4 Å². The van der Waals surface area contributed by atoms with Crippen molar-refractivity contribution in [2.75, 3.05) is 0 Å². The Labute approximate surface area is 132 Å². The van der Waals surface area contributed by atoms with Gasteiger partial charge in [-0.05, 0) is 24.3 Å². The van der Waals surface area contributed by atoms with Crippen LogP contribution < -0.4 is 0 Å². The van der Waals surface area contributed by atoms with Crippen LogP contribution in [0.25, 0.3) is 11.4 Å². The number of nitrogens with zero attached hydrogens (tertiary/aromatic N) is 2. The van der Waals surface area contributed by atoms with Crippen LogP contribution >= 0.6 is 9.53 Å². The first-order valence-corrected chi connectivity index (χ1v) is 8.16.